The van der Waals surface area contributed by atoms with E-state index in [4.69, 9.17) is 14.7 Å². The number of aromatic nitrogens is 3. The number of para-hydroxylation sites is 1. The van der Waals surface area contributed by atoms with Crippen molar-refractivity contribution in [2.24, 2.45) is 11.8 Å². The third-order valence-electron chi connectivity index (χ3n) is 10.2. The summed E-state index contributed by atoms with van der Waals surface area (Å²) in [6.07, 6.45) is 9.12. The van der Waals surface area contributed by atoms with Crippen molar-refractivity contribution in [3.63, 3.8) is 0 Å². The molecular formula is C40H36N5OPt-3. The number of hydrogen-bond donors (Lipinski definition) is 0. The van der Waals surface area contributed by atoms with Crippen LogP contribution < -0.4 is 14.5 Å². The summed E-state index contributed by atoms with van der Waals surface area (Å²) in [4.78, 5) is 14.3. The molecule has 47 heavy (non-hydrogen) atoms. The molecule has 3 aromatic heterocycles. The van der Waals surface area contributed by atoms with Gasteiger partial charge in [0.1, 0.15) is 11.6 Å². The van der Waals surface area contributed by atoms with Gasteiger partial charge in [0.05, 0.1) is 5.69 Å². The van der Waals surface area contributed by atoms with Crippen molar-refractivity contribution in [3.8, 4) is 17.3 Å². The second kappa shape index (κ2) is 11.5. The number of rotatable bonds is 5. The fourth-order valence-corrected chi connectivity index (χ4v) is 7.94. The number of anilines is 3. The van der Waals surface area contributed by atoms with Crippen LogP contribution in [0, 0.1) is 30.6 Å². The molecule has 3 unspecified atom stereocenters. The summed E-state index contributed by atoms with van der Waals surface area (Å²) in [5.41, 5.74) is 5.28. The Labute approximate surface area is 290 Å². The van der Waals surface area contributed by atoms with Gasteiger partial charge in [-0.3, -0.25) is 0 Å². The zero-order chi connectivity index (χ0) is 31.0. The smallest absolute Gasteiger partial charge is 0.135 e. The quantitative estimate of drug-likeness (QED) is 0.163. The maximum absolute atomic E-state index is 6.49. The molecule has 6 nitrogen and oxygen atoms in total. The third-order valence-corrected chi connectivity index (χ3v) is 10.2. The average molecular weight is 798 g/mol. The first-order valence-electron chi connectivity index (χ1n) is 16.4. The van der Waals surface area contributed by atoms with E-state index < -0.39 is 0 Å². The molecule has 0 radical (unpaired) electrons. The van der Waals surface area contributed by atoms with Crippen molar-refractivity contribution in [2.75, 3.05) is 9.80 Å². The Kier molecular flexibility index (Phi) is 7.40. The molecule has 3 atom stereocenters. The van der Waals surface area contributed by atoms with E-state index in [2.05, 4.69) is 109 Å². The van der Waals surface area contributed by atoms with E-state index in [1.165, 1.54) is 31.2 Å². The van der Waals surface area contributed by atoms with E-state index >= 15 is 0 Å². The molecule has 0 saturated heterocycles. The summed E-state index contributed by atoms with van der Waals surface area (Å²) in [6.45, 7) is 8.91. The van der Waals surface area contributed by atoms with Crippen molar-refractivity contribution in [2.45, 2.75) is 57.9 Å². The van der Waals surface area contributed by atoms with Gasteiger partial charge < -0.3 is 19.1 Å². The van der Waals surface area contributed by atoms with Crippen LogP contribution in [0.15, 0.2) is 91.3 Å². The molecule has 240 valence electrons. The van der Waals surface area contributed by atoms with Gasteiger partial charge in [-0.15, -0.1) is 48.1 Å². The first-order valence-corrected chi connectivity index (χ1v) is 16.4. The Hall–Kier alpha value is -4.15. The van der Waals surface area contributed by atoms with E-state index in [1.807, 2.05) is 36.7 Å². The predicted octanol–water partition coefficient (Wildman–Crippen LogP) is 9.53. The first-order chi connectivity index (χ1) is 22.4. The molecule has 2 bridgehead atoms. The Morgan fingerprint density at radius 1 is 0.830 bits per heavy atom. The van der Waals surface area contributed by atoms with Crippen LogP contribution >= 0.6 is 0 Å². The fourth-order valence-electron chi connectivity index (χ4n) is 7.94. The van der Waals surface area contributed by atoms with Crippen molar-refractivity contribution >= 4 is 39.0 Å². The first kappa shape index (κ1) is 30.2. The minimum Gasteiger partial charge on any atom is -0.509 e. The second-order valence-corrected chi connectivity index (χ2v) is 14.1. The van der Waals surface area contributed by atoms with Gasteiger partial charge in [0.15, 0.2) is 0 Å². The molecule has 0 spiro atoms. The van der Waals surface area contributed by atoms with Crippen LogP contribution in [0.4, 0.5) is 17.2 Å². The molecule has 9 rings (SSSR count). The van der Waals surface area contributed by atoms with E-state index in [9.17, 15) is 0 Å². The Morgan fingerprint density at radius 3 is 2.53 bits per heavy atom. The van der Waals surface area contributed by atoms with Gasteiger partial charge in [-0.25, -0.2) is 9.97 Å². The normalized spacial score (nSPS) is 20.2. The molecule has 0 amide bonds. The summed E-state index contributed by atoms with van der Waals surface area (Å²) >= 11 is 0. The largest absolute Gasteiger partial charge is 0.509 e. The van der Waals surface area contributed by atoms with E-state index in [0.717, 1.165) is 56.7 Å². The maximum atomic E-state index is 6.49. The fraction of sp³-hybridized carbons (Fsp3) is 0.275. The molecule has 3 aliphatic rings. The average Bonchev–Trinajstić information content (AvgIpc) is 3.86. The van der Waals surface area contributed by atoms with Gasteiger partial charge in [-0.1, -0.05) is 50.9 Å². The number of nitrogens with zero attached hydrogens (tertiary/aromatic N) is 5. The van der Waals surface area contributed by atoms with Crippen LogP contribution in [-0.4, -0.2) is 20.6 Å². The molecule has 0 N–H and O–H groups in total. The Morgan fingerprint density at radius 2 is 1.70 bits per heavy atom. The number of pyridine rings is 2. The van der Waals surface area contributed by atoms with Gasteiger partial charge >= 0.3 is 0 Å². The predicted molar refractivity (Wildman–Crippen MR) is 184 cm³/mol. The van der Waals surface area contributed by atoms with Gasteiger partial charge in [-0.2, -0.15) is 12.1 Å². The van der Waals surface area contributed by atoms with Crippen LogP contribution in [0.3, 0.4) is 0 Å². The van der Waals surface area contributed by atoms with Crippen LogP contribution in [0.1, 0.15) is 52.0 Å². The molecule has 3 aromatic carbocycles. The molecule has 2 saturated carbocycles. The van der Waals surface area contributed by atoms with E-state index in [-0.39, 0.29) is 26.5 Å². The van der Waals surface area contributed by atoms with Crippen LogP contribution in [0.25, 0.3) is 27.6 Å². The topological polar surface area (TPSA) is 46.4 Å². The van der Waals surface area contributed by atoms with E-state index in [1.54, 1.807) is 0 Å². The zero-order valence-corrected chi connectivity index (χ0v) is 29.0. The van der Waals surface area contributed by atoms with Crippen LogP contribution in [0.2, 0.25) is 0 Å². The number of ether oxygens (including phenoxy) is 1. The molecule has 6 aromatic rings. The number of benzene rings is 3. The number of hydrogen-bond acceptors (Lipinski definition) is 5. The molecule has 1 aliphatic heterocycles. The standard InChI is InChI=1S/C40H36N5O.Pt/c1-40(2,3)28-17-19-41-38(22-28)45-34-11-5-4-10-32(34)33-16-15-31(24-37(33)45)46-30-9-6-8-29(23-30)43-25-44(39-35(43)12-7-18-42-39)36-21-26-13-14-27(36)20-26;/h4-12,15-19,22,25-27,36H,13-14,20-21H2,1-3H3;/q-3;. The summed E-state index contributed by atoms with van der Waals surface area (Å²) < 4.78 is 8.69. The second-order valence-electron chi connectivity index (χ2n) is 14.1. The molecule has 7 heteroatoms. The Bertz CT molecular complexity index is 2120. The van der Waals surface area contributed by atoms with Crippen molar-refractivity contribution < 1.29 is 25.8 Å². The summed E-state index contributed by atoms with van der Waals surface area (Å²) in [5, 5.41) is 2.27. The van der Waals surface area contributed by atoms with E-state index in [0.29, 0.717) is 17.5 Å². The zero-order valence-electron chi connectivity index (χ0n) is 26.8. The van der Waals surface area contributed by atoms with Crippen LogP contribution in [-0.2, 0) is 26.5 Å². The SMILES string of the molecule is CC(C)(C)c1ccnc(-n2c3[c-]c(Oc4[c-]c(N5[CH-]N(C6CC7CCC6C7)c6ncccc65)ccc4)ccc3c3ccccc32)c1.[Pt]. The molecule has 2 fully saturated rings. The van der Waals surface area contributed by atoms with Crippen molar-refractivity contribution in [1.29, 1.82) is 0 Å². The third kappa shape index (κ3) is 5.13. The van der Waals surface area contributed by atoms with Crippen molar-refractivity contribution in [3.05, 3.63) is 116 Å². The monoisotopic (exact) mass is 797 g/mol. The van der Waals surface area contributed by atoms with Gasteiger partial charge in [0.2, 0.25) is 0 Å². The van der Waals surface area contributed by atoms with Crippen molar-refractivity contribution in [1.82, 2.24) is 14.5 Å². The summed E-state index contributed by atoms with van der Waals surface area (Å²) in [5.74, 6) is 4.79. The van der Waals surface area contributed by atoms with Gasteiger partial charge in [0, 0.05) is 56.5 Å². The van der Waals surface area contributed by atoms with Crippen LogP contribution in [0.5, 0.6) is 11.5 Å². The Balaban J connectivity index is 0.00000324. The van der Waals surface area contributed by atoms with Gasteiger partial charge in [0.25, 0.3) is 0 Å². The molecule has 4 heterocycles. The minimum absolute atomic E-state index is 0. The van der Waals surface area contributed by atoms with Gasteiger partial charge in [-0.05, 0) is 77.8 Å². The summed E-state index contributed by atoms with van der Waals surface area (Å²) in [7, 11) is 0. The number of fused-ring (bicyclic) bond motifs is 6. The summed E-state index contributed by atoms with van der Waals surface area (Å²) in [6, 6.07) is 34.8. The molecular weight excluding hydrogens is 762 g/mol. The minimum atomic E-state index is 0. The molecule has 2 aliphatic carbocycles. The maximum Gasteiger partial charge on any atom is 0.135 e.